The van der Waals surface area contributed by atoms with Crippen molar-refractivity contribution >= 4 is 11.9 Å². The third kappa shape index (κ3) is 2.34. The van der Waals surface area contributed by atoms with Crippen molar-refractivity contribution in [1.29, 1.82) is 0 Å². The van der Waals surface area contributed by atoms with Gasteiger partial charge >= 0.3 is 6.03 Å². The van der Waals surface area contributed by atoms with Gasteiger partial charge in [0, 0.05) is 20.1 Å². The molecule has 3 amide bonds. The van der Waals surface area contributed by atoms with E-state index in [9.17, 15) is 9.59 Å². The summed E-state index contributed by atoms with van der Waals surface area (Å²) in [5.41, 5.74) is 5.13. The Morgan fingerprint density at radius 3 is 2.77 bits per heavy atom. The highest BCUT2D eigenvalue weighted by molar-refractivity contribution is 5.80. The first-order chi connectivity index (χ1) is 6.15. The summed E-state index contributed by atoms with van der Waals surface area (Å²) in [5, 5.41) is 2.58. The fourth-order valence-electron chi connectivity index (χ4n) is 1.60. The van der Waals surface area contributed by atoms with E-state index in [1.165, 1.54) is 4.90 Å². The first-order valence-electron chi connectivity index (χ1n) is 4.41. The normalized spacial score (nSPS) is 22.5. The van der Waals surface area contributed by atoms with Crippen LogP contribution in [0, 0.1) is 5.92 Å². The molecule has 0 radical (unpaired) electrons. The number of carbonyl (C=O) groups is 2. The van der Waals surface area contributed by atoms with Crippen molar-refractivity contribution < 1.29 is 9.59 Å². The lowest BCUT2D eigenvalue weighted by molar-refractivity contribution is -0.125. The van der Waals surface area contributed by atoms with Gasteiger partial charge in [-0.05, 0) is 12.8 Å². The lowest BCUT2D eigenvalue weighted by atomic mass is 9.97. The maximum atomic E-state index is 11.2. The van der Waals surface area contributed by atoms with Crippen LogP contribution in [0.4, 0.5) is 4.79 Å². The minimum atomic E-state index is -0.436. The molecule has 0 aromatic heterocycles. The Morgan fingerprint density at radius 2 is 2.23 bits per heavy atom. The number of hydrogen-bond donors (Lipinski definition) is 2. The zero-order valence-corrected chi connectivity index (χ0v) is 7.75. The molecule has 74 valence electrons. The summed E-state index contributed by atoms with van der Waals surface area (Å²) < 4.78 is 0. The van der Waals surface area contributed by atoms with Gasteiger partial charge in [-0.25, -0.2) is 4.79 Å². The van der Waals surface area contributed by atoms with Crippen molar-refractivity contribution in [2.75, 3.05) is 20.1 Å². The average Bonchev–Trinajstić information content (AvgIpc) is 2.17. The molecule has 0 aromatic carbocycles. The molecule has 1 unspecified atom stereocenters. The van der Waals surface area contributed by atoms with Crippen LogP contribution in [-0.4, -0.2) is 37.0 Å². The average molecular weight is 185 g/mol. The summed E-state index contributed by atoms with van der Waals surface area (Å²) in [6.07, 6.45) is 1.68. The minimum absolute atomic E-state index is 0.00838. The van der Waals surface area contributed by atoms with Gasteiger partial charge in [0.25, 0.3) is 0 Å². The molecule has 0 aromatic rings. The molecule has 5 heteroatoms. The Kier molecular flexibility index (Phi) is 3.11. The van der Waals surface area contributed by atoms with Gasteiger partial charge < -0.3 is 16.0 Å². The van der Waals surface area contributed by atoms with E-state index >= 15 is 0 Å². The number of likely N-dealkylation sites (tertiary alicyclic amines) is 1. The lowest BCUT2D eigenvalue weighted by Gasteiger charge is -2.30. The molecular formula is C8H15N3O2. The molecule has 1 fully saturated rings. The zero-order chi connectivity index (χ0) is 9.84. The fraction of sp³-hybridized carbons (Fsp3) is 0.750. The number of primary amides is 1. The third-order valence-corrected chi connectivity index (χ3v) is 2.35. The quantitative estimate of drug-likeness (QED) is 0.579. The van der Waals surface area contributed by atoms with Crippen LogP contribution in [0.15, 0.2) is 0 Å². The van der Waals surface area contributed by atoms with Gasteiger partial charge in [0.15, 0.2) is 0 Å². The Bertz CT molecular complexity index is 217. The third-order valence-electron chi connectivity index (χ3n) is 2.35. The second kappa shape index (κ2) is 4.11. The molecule has 13 heavy (non-hydrogen) atoms. The standard InChI is InChI=1S/C8H15N3O2/c1-10-7(12)6-3-2-4-11(5-6)8(9)13/h6H,2-5H2,1H3,(H2,9,13)(H,10,12). The van der Waals surface area contributed by atoms with Gasteiger partial charge in [0.2, 0.25) is 5.91 Å². The van der Waals surface area contributed by atoms with E-state index in [0.29, 0.717) is 13.1 Å². The van der Waals surface area contributed by atoms with Crippen LogP contribution in [0.5, 0.6) is 0 Å². The molecule has 1 rings (SSSR count). The van der Waals surface area contributed by atoms with E-state index in [1.54, 1.807) is 7.05 Å². The number of nitrogens with zero attached hydrogens (tertiary/aromatic N) is 1. The molecule has 1 aliphatic heterocycles. The van der Waals surface area contributed by atoms with Crippen LogP contribution in [0.3, 0.4) is 0 Å². The van der Waals surface area contributed by atoms with E-state index in [4.69, 9.17) is 5.73 Å². The molecule has 1 heterocycles. The number of amides is 3. The number of piperidine rings is 1. The predicted octanol–water partition coefficient (Wildman–Crippen LogP) is -0.477. The second-order valence-electron chi connectivity index (χ2n) is 3.24. The van der Waals surface area contributed by atoms with Gasteiger partial charge in [-0.3, -0.25) is 4.79 Å². The Balaban J connectivity index is 2.51. The molecule has 0 spiro atoms. The molecule has 1 aliphatic rings. The number of hydrogen-bond acceptors (Lipinski definition) is 2. The largest absolute Gasteiger partial charge is 0.359 e. The highest BCUT2D eigenvalue weighted by atomic mass is 16.2. The fourth-order valence-corrected chi connectivity index (χ4v) is 1.60. The number of carbonyl (C=O) groups excluding carboxylic acids is 2. The molecule has 0 saturated carbocycles. The van der Waals surface area contributed by atoms with Crippen LogP contribution in [-0.2, 0) is 4.79 Å². The number of rotatable bonds is 1. The second-order valence-corrected chi connectivity index (χ2v) is 3.24. The Labute approximate surface area is 77.3 Å². The van der Waals surface area contributed by atoms with Gasteiger partial charge in [-0.15, -0.1) is 0 Å². The molecule has 0 bridgehead atoms. The molecular weight excluding hydrogens is 170 g/mol. The highest BCUT2D eigenvalue weighted by Gasteiger charge is 2.26. The van der Waals surface area contributed by atoms with Crippen molar-refractivity contribution in [3.05, 3.63) is 0 Å². The van der Waals surface area contributed by atoms with Crippen molar-refractivity contribution in [3.63, 3.8) is 0 Å². The van der Waals surface area contributed by atoms with Gasteiger partial charge in [-0.1, -0.05) is 0 Å². The van der Waals surface area contributed by atoms with Crippen LogP contribution in [0.1, 0.15) is 12.8 Å². The highest BCUT2D eigenvalue weighted by Crippen LogP contribution is 2.15. The maximum absolute atomic E-state index is 11.2. The SMILES string of the molecule is CNC(=O)C1CCCN(C(N)=O)C1. The van der Waals surface area contributed by atoms with Crippen molar-refractivity contribution in [1.82, 2.24) is 10.2 Å². The molecule has 3 N–H and O–H groups in total. The molecule has 0 aliphatic carbocycles. The number of nitrogens with two attached hydrogens (primary N) is 1. The van der Waals surface area contributed by atoms with Gasteiger partial charge in [0.05, 0.1) is 5.92 Å². The minimum Gasteiger partial charge on any atom is -0.359 e. The first-order valence-corrected chi connectivity index (χ1v) is 4.41. The topological polar surface area (TPSA) is 75.4 Å². The summed E-state index contributed by atoms with van der Waals surface area (Å²) in [7, 11) is 1.60. The summed E-state index contributed by atoms with van der Waals surface area (Å²) in [4.78, 5) is 23.6. The smallest absolute Gasteiger partial charge is 0.314 e. The van der Waals surface area contributed by atoms with Crippen molar-refractivity contribution in [2.24, 2.45) is 11.7 Å². The Hall–Kier alpha value is -1.26. The summed E-state index contributed by atoms with van der Waals surface area (Å²) in [5.74, 6) is -0.0998. The maximum Gasteiger partial charge on any atom is 0.314 e. The number of urea groups is 1. The summed E-state index contributed by atoms with van der Waals surface area (Å²) in [6, 6.07) is -0.436. The molecule has 1 saturated heterocycles. The molecule has 5 nitrogen and oxygen atoms in total. The summed E-state index contributed by atoms with van der Waals surface area (Å²) in [6.45, 7) is 1.12. The van der Waals surface area contributed by atoms with Crippen LogP contribution >= 0.6 is 0 Å². The van der Waals surface area contributed by atoms with E-state index in [0.717, 1.165) is 12.8 Å². The zero-order valence-electron chi connectivity index (χ0n) is 7.75. The Morgan fingerprint density at radius 1 is 1.54 bits per heavy atom. The van der Waals surface area contributed by atoms with Crippen molar-refractivity contribution in [2.45, 2.75) is 12.8 Å². The van der Waals surface area contributed by atoms with E-state index < -0.39 is 6.03 Å². The van der Waals surface area contributed by atoms with Gasteiger partial charge in [-0.2, -0.15) is 0 Å². The number of nitrogens with one attached hydrogen (secondary N) is 1. The van der Waals surface area contributed by atoms with E-state index in [-0.39, 0.29) is 11.8 Å². The monoisotopic (exact) mass is 185 g/mol. The molecule has 1 atom stereocenters. The van der Waals surface area contributed by atoms with Crippen LogP contribution < -0.4 is 11.1 Å². The van der Waals surface area contributed by atoms with E-state index in [1.807, 2.05) is 0 Å². The first kappa shape index (κ1) is 9.83. The van der Waals surface area contributed by atoms with Crippen molar-refractivity contribution in [3.8, 4) is 0 Å². The van der Waals surface area contributed by atoms with Gasteiger partial charge in [0.1, 0.15) is 0 Å². The van der Waals surface area contributed by atoms with Crippen LogP contribution in [0.25, 0.3) is 0 Å². The summed E-state index contributed by atoms with van der Waals surface area (Å²) >= 11 is 0. The van der Waals surface area contributed by atoms with E-state index in [2.05, 4.69) is 5.32 Å². The lowest BCUT2D eigenvalue weighted by Crippen LogP contribution is -2.46. The predicted molar refractivity (Wildman–Crippen MR) is 47.9 cm³/mol. The van der Waals surface area contributed by atoms with Crippen LogP contribution in [0.2, 0.25) is 0 Å².